The van der Waals surface area contributed by atoms with Crippen molar-refractivity contribution in [2.24, 2.45) is 0 Å². The molecule has 0 aliphatic heterocycles. The fourth-order valence-corrected chi connectivity index (χ4v) is 0.586. The average Bonchev–Trinajstić information content (AvgIpc) is 1.70. The maximum atomic E-state index is 12.2. The number of rotatable bonds is 1. The molecule has 0 spiro atoms. The molecule has 0 amide bonds. The first-order valence-electron chi connectivity index (χ1n) is 3.14. The molecule has 0 N–H and O–H groups in total. The van der Waals surface area contributed by atoms with Crippen molar-refractivity contribution < 1.29 is 43.9 Å². The number of hydrogen-bond acceptors (Lipinski definition) is 1. The lowest BCUT2D eigenvalue weighted by atomic mass is 10.5. The summed E-state index contributed by atoms with van der Waals surface area (Å²) in [4.78, 5) is -2.88. The molecule has 0 radical (unpaired) electrons. The number of halogens is 10. The molecule has 0 heterocycles. The predicted molar refractivity (Wildman–Crippen MR) is 29.2 cm³/mol. The van der Waals surface area contributed by atoms with Gasteiger partial charge in [0.05, 0.1) is 6.08 Å². The predicted octanol–water partition coefficient (Wildman–Crippen LogP) is 3.70. The van der Waals surface area contributed by atoms with Crippen LogP contribution in [0.1, 0.15) is 0 Å². The van der Waals surface area contributed by atoms with Crippen molar-refractivity contribution in [2.45, 2.75) is 18.8 Å². The van der Waals surface area contributed by atoms with Crippen molar-refractivity contribution in [2.75, 3.05) is 0 Å². The van der Waals surface area contributed by atoms with Crippen LogP contribution in [0.15, 0.2) is 12.0 Å². The molecule has 0 saturated heterocycles. The first-order valence-corrected chi connectivity index (χ1v) is 3.14. The van der Waals surface area contributed by atoms with Gasteiger partial charge in [-0.3, -0.25) is 0 Å². The molecule has 0 aromatic heterocycles. The summed E-state index contributed by atoms with van der Waals surface area (Å²) in [5, 5.41) is 0. The zero-order valence-electron chi connectivity index (χ0n) is 6.80. The van der Waals surface area contributed by atoms with Gasteiger partial charge in [-0.1, -0.05) is 0 Å². The van der Waals surface area contributed by atoms with E-state index in [1.54, 1.807) is 0 Å². The molecule has 11 heteroatoms. The summed E-state index contributed by atoms with van der Waals surface area (Å²) < 4.78 is 116. The lowest BCUT2D eigenvalue weighted by Gasteiger charge is -2.26. The minimum absolute atomic E-state index is 1.74. The van der Waals surface area contributed by atoms with Gasteiger partial charge < -0.3 is 0 Å². The first kappa shape index (κ1) is 14.8. The van der Waals surface area contributed by atoms with Gasteiger partial charge >= 0.3 is 18.8 Å². The van der Waals surface area contributed by atoms with Gasteiger partial charge in [0.25, 0.3) is 0 Å². The Balaban J connectivity index is 5.33. The summed E-state index contributed by atoms with van der Waals surface area (Å²) in [6.07, 6.45) is -20.1. The van der Waals surface area contributed by atoms with Crippen LogP contribution < -0.4 is 0 Å². The molecule has 0 fully saturated rings. The van der Waals surface area contributed by atoms with Crippen LogP contribution in [0.5, 0.6) is 0 Å². The van der Waals surface area contributed by atoms with E-state index in [1.165, 1.54) is 0 Å². The second-order valence-electron chi connectivity index (χ2n) is 2.28. The average molecular weight is 265 g/mol. The fourth-order valence-electron chi connectivity index (χ4n) is 0.586. The molecule has 1 nitrogen and oxygen atoms in total. The summed E-state index contributed by atoms with van der Waals surface area (Å²) in [6.45, 7) is 0. The Kier molecular flexibility index (Phi) is 3.72. The van der Waals surface area contributed by atoms with E-state index >= 15 is 0 Å². The van der Waals surface area contributed by atoms with Crippen LogP contribution in [0.4, 0.5) is 43.9 Å². The Morgan fingerprint density at radius 1 is 0.750 bits per heavy atom. The van der Waals surface area contributed by atoms with Crippen molar-refractivity contribution in [3.8, 4) is 0 Å². The van der Waals surface area contributed by atoms with Gasteiger partial charge in [-0.2, -0.15) is 22.5 Å². The molecule has 0 aliphatic carbocycles. The van der Waals surface area contributed by atoms with E-state index in [-0.39, 0.29) is 0 Å². The highest BCUT2D eigenvalue weighted by atomic mass is 19.4. The zero-order chi connectivity index (χ0) is 13.4. The molecular formula is C5HF10N. The van der Waals surface area contributed by atoms with Crippen LogP contribution in [0.2, 0.25) is 0 Å². The van der Waals surface area contributed by atoms with Crippen molar-refractivity contribution >= 4 is 0 Å². The highest BCUT2D eigenvalue weighted by molar-refractivity contribution is 4.98. The van der Waals surface area contributed by atoms with E-state index in [4.69, 9.17) is 0 Å². The van der Waals surface area contributed by atoms with Crippen molar-refractivity contribution in [3.63, 3.8) is 0 Å². The topological polar surface area (TPSA) is 3.24 Å². The molecule has 96 valence electrons. The van der Waals surface area contributed by atoms with Crippen LogP contribution in [-0.2, 0) is 0 Å². The summed E-state index contributed by atoms with van der Waals surface area (Å²) in [5.74, 6) is -3.51. The molecule has 16 heavy (non-hydrogen) atoms. The second kappa shape index (κ2) is 4.01. The van der Waals surface area contributed by atoms with Crippen LogP contribution in [0.3, 0.4) is 0 Å². The third-order valence-electron chi connectivity index (χ3n) is 1.00. The monoisotopic (exact) mass is 265 g/mol. The highest BCUT2D eigenvalue weighted by Crippen LogP contribution is 2.38. The molecule has 0 aromatic rings. The van der Waals surface area contributed by atoms with Crippen molar-refractivity contribution in [1.29, 1.82) is 0 Å². The maximum absolute atomic E-state index is 12.2. The molecule has 0 bridgehead atoms. The molecular weight excluding hydrogens is 264 g/mol. The molecule has 0 aliphatic rings. The zero-order valence-corrected chi connectivity index (χ0v) is 6.80. The Bertz CT molecular complexity index is 252. The van der Waals surface area contributed by atoms with Gasteiger partial charge in [0, 0.05) is 0 Å². The molecule has 0 saturated carbocycles. The van der Waals surface area contributed by atoms with Crippen molar-refractivity contribution in [1.82, 2.24) is 4.90 Å². The summed E-state index contributed by atoms with van der Waals surface area (Å²) in [5.41, 5.74) is 0. The van der Waals surface area contributed by atoms with Crippen molar-refractivity contribution in [3.05, 3.63) is 12.0 Å². The van der Waals surface area contributed by atoms with Gasteiger partial charge in [-0.15, -0.1) is 26.3 Å². The van der Waals surface area contributed by atoms with Gasteiger partial charge in [-0.25, -0.2) is 0 Å². The largest absolute Gasteiger partial charge is 0.493 e. The summed E-state index contributed by atoms with van der Waals surface area (Å²) >= 11 is 0. The third-order valence-corrected chi connectivity index (χ3v) is 1.00. The van der Waals surface area contributed by atoms with E-state index in [2.05, 4.69) is 0 Å². The van der Waals surface area contributed by atoms with Crippen LogP contribution >= 0.6 is 0 Å². The highest BCUT2D eigenvalue weighted by Gasteiger charge is 2.56. The summed E-state index contributed by atoms with van der Waals surface area (Å²) in [7, 11) is 0. The van der Waals surface area contributed by atoms with Crippen LogP contribution in [0, 0.1) is 0 Å². The van der Waals surface area contributed by atoms with E-state index in [9.17, 15) is 43.9 Å². The number of alkyl halides is 9. The minimum atomic E-state index is -6.34. The Labute approximate surface area is 80.9 Å². The number of hydrogen-bond donors (Lipinski definition) is 0. The minimum Gasteiger partial charge on any atom is -0.187 e. The van der Waals surface area contributed by atoms with Gasteiger partial charge in [0.15, 0.2) is 0 Å². The molecule has 0 unspecified atom stereocenters. The van der Waals surface area contributed by atoms with E-state index in [1.807, 2.05) is 0 Å². The smallest absolute Gasteiger partial charge is 0.187 e. The van der Waals surface area contributed by atoms with Crippen LogP contribution in [0.25, 0.3) is 0 Å². The number of allylic oxidation sites excluding steroid dienone is 1. The van der Waals surface area contributed by atoms with E-state index in [0.29, 0.717) is 0 Å². The van der Waals surface area contributed by atoms with Gasteiger partial charge in [0.2, 0.25) is 5.95 Å². The van der Waals surface area contributed by atoms with Crippen LogP contribution in [-0.4, -0.2) is 23.7 Å². The maximum Gasteiger partial charge on any atom is 0.493 e. The lowest BCUT2D eigenvalue weighted by molar-refractivity contribution is -0.365. The third kappa shape index (κ3) is 4.57. The Morgan fingerprint density at radius 2 is 1.06 bits per heavy atom. The summed E-state index contributed by atoms with van der Waals surface area (Å²) in [6, 6.07) is 0. The van der Waals surface area contributed by atoms with Gasteiger partial charge in [0.1, 0.15) is 0 Å². The fraction of sp³-hybridized carbons (Fsp3) is 0.600. The standard InChI is InChI=1S/C5HF10N/c6-2(1-3(7,8)9)16(4(10,11)12)5(13,14)15/h1H/b2-1-. The molecule has 0 rings (SSSR count). The quantitative estimate of drug-likeness (QED) is 0.516. The molecule has 0 aromatic carbocycles. The van der Waals surface area contributed by atoms with Gasteiger partial charge in [-0.05, 0) is 0 Å². The Hall–Kier alpha value is -1.16. The van der Waals surface area contributed by atoms with E-state index in [0.717, 1.165) is 0 Å². The Morgan fingerprint density at radius 3 is 1.25 bits per heavy atom. The second-order valence-corrected chi connectivity index (χ2v) is 2.28. The normalized spacial score (nSPS) is 15.2. The lowest BCUT2D eigenvalue weighted by Crippen LogP contribution is -2.46. The molecule has 0 atom stereocenters. The van der Waals surface area contributed by atoms with E-state index < -0.39 is 35.7 Å². The SMILES string of the molecule is F/C(=C/C(F)(F)F)N(C(F)(F)F)C(F)(F)F. The number of nitrogens with zero attached hydrogens (tertiary/aromatic N) is 1. The first-order chi connectivity index (χ1) is 6.75.